The average molecular weight is 386 g/mol. The van der Waals surface area contributed by atoms with Gasteiger partial charge in [0.05, 0.1) is 0 Å². The predicted octanol–water partition coefficient (Wildman–Crippen LogP) is 3.53. The van der Waals surface area contributed by atoms with Gasteiger partial charge in [0.1, 0.15) is 6.54 Å². The molecular weight excluding hydrogens is 354 g/mol. The molecule has 1 aromatic carbocycles. The minimum atomic E-state index is -0.119. The molecule has 0 bridgehead atoms. The van der Waals surface area contributed by atoms with E-state index in [0.29, 0.717) is 30.4 Å². The van der Waals surface area contributed by atoms with E-state index in [1.54, 1.807) is 11.9 Å². The third-order valence-corrected chi connectivity index (χ3v) is 5.30. The summed E-state index contributed by atoms with van der Waals surface area (Å²) < 4.78 is 5.68. The maximum absolute atomic E-state index is 12.4. The van der Waals surface area contributed by atoms with Gasteiger partial charge >= 0.3 is 6.03 Å². The van der Waals surface area contributed by atoms with E-state index < -0.39 is 0 Å². The Morgan fingerprint density at radius 2 is 2.07 bits per heavy atom. The van der Waals surface area contributed by atoms with Crippen LogP contribution in [-0.2, 0) is 6.54 Å². The molecule has 2 aromatic rings. The Labute approximate surface area is 167 Å². The fourth-order valence-electron chi connectivity index (χ4n) is 3.78. The van der Waals surface area contributed by atoms with Gasteiger partial charge in [0, 0.05) is 31.2 Å². The second-order valence-corrected chi connectivity index (χ2v) is 7.72. The highest BCUT2D eigenvalue weighted by atomic mass is 16.4. The van der Waals surface area contributed by atoms with Crippen LogP contribution in [0.25, 0.3) is 11.5 Å². The Hall–Kier alpha value is -2.41. The lowest BCUT2D eigenvalue weighted by Crippen LogP contribution is -2.46. The molecule has 28 heavy (non-hydrogen) atoms. The van der Waals surface area contributed by atoms with Crippen LogP contribution in [0.1, 0.15) is 45.4 Å². The van der Waals surface area contributed by atoms with Crippen molar-refractivity contribution >= 4 is 6.03 Å². The lowest BCUT2D eigenvalue weighted by Gasteiger charge is -2.38. The summed E-state index contributed by atoms with van der Waals surface area (Å²) in [6.07, 6.45) is 4.76. The number of likely N-dealkylation sites (tertiary alicyclic amines) is 1. The molecule has 1 fully saturated rings. The molecule has 2 amide bonds. The number of benzene rings is 1. The second-order valence-electron chi connectivity index (χ2n) is 7.72. The zero-order valence-electron chi connectivity index (χ0n) is 17.1. The number of rotatable bonds is 7. The van der Waals surface area contributed by atoms with Gasteiger partial charge in [-0.05, 0) is 51.8 Å². The highest BCUT2D eigenvalue weighted by Crippen LogP contribution is 2.21. The van der Waals surface area contributed by atoms with E-state index in [2.05, 4.69) is 34.3 Å². The SMILES string of the molecule is CC(C)N1CCCCC1CCNC(=O)N(C)Cc1nnc(-c2ccccc2)o1. The molecule has 1 aliphatic rings. The number of piperidine rings is 1. The zero-order valence-corrected chi connectivity index (χ0v) is 17.1. The van der Waals surface area contributed by atoms with E-state index in [-0.39, 0.29) is 12.6 Å². The standard InChI is InChI=1S/C21H31N5O2/c1-16(2)26-14-8-7-11-18(26)12-13-22-21(27)25(3)15-19-23-24-20(28-19)17-9-5-4-6-10-17/h4-6,9-10,16,18H,7-8,11-15H2,1-3H3,(H,22,27). The molecule has 0 aliphatic carbocycles. The largest absolute Gasteiger partial charge is 0.419 e. The summed E-state index contributed by atoms with van der Waals surface area (Å²) in [4.78, 5) is 16.5. The van der Waals surface area contributed by atoms with E-state index in [0.717, 1.165) is 18.5 Å². The van der Waals surface area contributed by atoms with E-state index in [9.17, 15) is 4.79 Å². The Kier molecular flexibility index (Phi) is 7.03. The minimum Gasteiger partial charge on any atom is -0.419 e. The van der Waals surface area contributed by atoms with Gasteiger partial charge in [0.2, 0.25) is 11.8 Å². The predicted molar refractivity (Wildman–Crippen MR) is 109 cm³/mol. The van der Waals surface area contributed by atoms with E-state index in [4.69, 9.17) is 4.42 Å². The van der Waals surface area contributed by atoms with Crippen LogP contribution >= 0.6 is 0 Å². The molecule has 1 atom stereocenters. The molecule has 1 unspecified atom stereocenters. The first-order chi connectivity index (χ1) is 13.5. The Bertz CT molecular complexity index is 746. The molecule has 7 nitrogen and oxygen atoms in total. The number of carbonyl (C=O) groups is 1. The van der Waals surface area contributed by atoms with Crippen LogP contribution in [0.4, 0.5) is 4.79 Å². The summed E-state index contributed by atoms with van der Waals surface area (Å²) >= 11 is 0. The van der Waals surface area contributed by atoms with Crippen molar-refractivity contribution in [3.05, 3.63) is 36.2 Å². The Morgan fingerprint density at radius 3 is 2.82 bits per heavy atom. The lowest BCUT2D eigenvalue weighted by molar-refractivity contribution is 0.105. The summed E-state index contributed by atoms with van der Waals surface area (Å²) in [7, 11) is 1.74. The third-order valence-electron chi connectivity index (χ3n) is 5.30. The molecule has 152 valence electrons. The van der Waals surface area contributed by atoms with Crippen LogP contribution < -0.4 is 5.32 Å². The average Bonchev–Trinajstić information content (AvgIpc) is 3.17. The first-order valence-corrected chi connectivity index (χ1v) is 10.2. The number of nitrogens with one attached hydrogen (secondary N) is 1. The molecule has 1 saturated heterocycles. The molecule has 0 spiro atoms. The van der Waals surface area contributed by atoms with Gasteiger partial charge in [0.25, 0.3) is 0 Å². The summed E-state index contributed by atoms with van der Waals surface area (Å²) in [6.45, 7) is 6.62. The molecular formula is C21H31N5O2. The lowest BCUT2D eigenvalue weighted by atomic mass is 9.98. The maximum Gasteiger partial charge on any atom is 0.317 e. The molecule has 1 aromatic heterocycles. The van der Waals surface area contributed by atoms with Gasteiger partial charge in [-0.25, -0.2) is 4.79 Å². The molecule has 1 N–H and O–H groups in total. The topological polar surface area (TPSA) is 74.5 Å². The number of nitrogens with zero attached hydrogens (tertiary/aromatic N) is 4. The van der Waals surface area contributed by atoms with Crippen molar-refractivity contribution in [2.24, 2.45) is 0 Å². The Morgan fingerprint density at radius 1 is 1.29 bits per heavy atom. The van der Waals surface area contributed by atoms with Crippen LogP contribution in [0.15, 0.2) is 34.7 Å². The van der Waals surface area contributed by atoms with Crippen molar-refractivity contribution in [1.29, 1.82) is 0 Å². The number of amides is 2. The molecule has 1 aliphatic heterocycles. The van der Waals surface area contributed by atoms with E-state index in [1.165, 1.54) is 19.3 Å². The van der Waals surface area contributed by atoms with E-state index >= 15 is 0 Å². The molecule has 0 saturated carbocycles. The van der Waals surface area contributed by atoms with Crippen LogP contribution in [0.5, 0.6) is 0 Å². The van der Waals surface area contributed by atoms with Gasteiger partial charge in [0.15, 0.2) is 0 Å². The number of hydrogen-bond donors (Lipinski definition) is 1. The van der Waals surface area contributed by atoms with Gasteiger partial charge < -0.3 is 14.6 Å². The first-order valence-electron chi connectivity index (χ1n) is 10.2. The molecule has 7 heteroatoms. The van der Waals surface area contributed by atoms with Crippen molar-refractivity contribution in [3.8, 4) is 11.5 Å². The fraction of sp³-hybridized carbons (Fsp3) is 0.571. The number of carbonyl (C=O) groups excluding carboxylic acids is 1. The number of urea groups is 1. The van der Waals surface area contributed by atoms with Crippen molar-refractivity contribution in [2.75, 3.05) is 20.1 Å². The second kappa shape index (κ2) is 9.68. The Balaban J connectivity index is 1.45. The number of aromatic nitrogens is 2. The highest BCUT2D eigenvalue weighted by molar-refractivity contribution is 5.73. The summed E-state index contributed by atoms with van der Waals surface area (Å²) in [5, 5.41) is 11.1. The van der Waals surface area contributed by atoms with Crippen molar-refractivity contribution < 1.29 is 9.21 Å². The first kappa shape index (κ1) is 20.3. The monoisotopic (exact) mass is 385 g/mol. The summed E-state index contributed by atoms with van der Waals surface area (Å²) in [5.74, 6) is 0.894. The summed E-state index contributed by atoms with van der Waals surface area (Å²) in [6, 6.07) is 10.6. The van der Waals surface area contributed by atoms with E-state index in [1.807, 2.05) is 30.3 Å². The van der Waals surface area contributed by atoms with Gasteiger partial charge in [-0.2, -0.15) is 0 Å². The van der Waals surface area contributed by atoms with Gasteiger partial charge in [-0.15, -0.1) is 10.2 Å². The molecule has 2 heterocycles. The van der Waals surface area contributed by atoms with Gasteiger partial charge in [-0.1, -0.05) is 24.6 Å². The van der Waals surface area contributed by atoms with Crippen LogP contribution in [0, 0.1) is 0 Å². The fourth-order valence-corrected chi connectivity index (χ4v) is 3.78. The minimum absolute atomic E-state index is 0.119. The summed E-state index contributed by atoms with van der Waals surface area (Å²) in [5.41, 5.74) is 0.871. The quantitative estimate of drug-likeness (QED) is 0.789. The van der Waals surface area contributed by atoms with Crippen molar-refractivity contribution in [2.45, 2.75) is 58.2 Å². The van der Waals surface area contributed by atoms with Crippen molar-refractivity contribution in [3.63, 3.8) is 0 Å². The number of hydrogen-bond acceptors (Lipinski definition) is 5. The van der Waals surface area contributed by atoms with Crippen LogP contribution in [-0.4, -0.2) is 58.2 Å². The molecule has 0 radical (unpaired) electrons. The van der Waals surface area contributed by atoms with Crippen LogP contribution in [0.3, 0.4) is 0 Å². The third kappa shape index (κ3) is 5.32. The normalized spacial score (nSPS) is 17.6. The van der Waals surface area contributed by atoms with Crippen molar-refractivity contribution in [1.82, 2.24) is 25.3 Å². The smallest absolute Gasteiger partial charge is 0.317 e. The molecule has 3 rings (SSSR count). The zero-order chi connectivity index (χ0) is 19.9. The highest BCUT2D eigenvalue weighted by Gasteiger charge is 2.24. The van der Waals surface area contributed by atoms with Gasteiger partial charge in [-0.3, -0.25) is 4.90 Å². The van der Waals surface area contributed by atoms with Crippen LogP contribution in [0.2, 0.25) is 0 Å². The maximum atomic E-state index is 12.4.